The molecule has 0 fully saturated rings. The van der Waals surface area contributed by atoms with Crippen LogP contribution in [0.2, 0.25) is 0 Å². The van der Waals surface area contributed by atoms with Gasteiger partial charge in [0.1, 0.15) is 5.58 Å². The summed E-state index contributed by atoms with van der Waals surface area (Å²) in [4.78, 5) is 29.8. The monoisotopic (exact) mass is 437 g/mol. The zero-order valence-electron chi connectivity index (χ0n) is 18.9. The third-order valence-corrected chi connectivity index (χ3v) is 5.69. The van der Waals surface area contributed by atoms with Gasteiger partial charge in [-0.05, 0) is 36.2 Å². The van der Waals surface area contributed by atoms with Crippen molar-refractivity contribution in [3.63, 3.8) is 0 Å². The fourth-order valence-electron chi connectivity index (χ4n) is 4.07. The lowest BCUT2D eigenvalue weighted by Crippen LogP contribution is -3.06. The highest BCUT2D eigenvalue weighted by Gasteiger charge is 2.43. The standard InChI is InChI=1S/C25H28N2O5/c1-5-14-31-19-11-10-16(15-20(19)30-4)22-21-23(28)17-8-6-7-9-18(17)32-24(21)25(29)27(22)13-12-26(2)3/h6-11,15,22H,5,12-14H2,1-4H3/p+1/t22-/m0/s1. The molecule has 168 valence electrons. The molecule has 0 aliphatic carbocycles. The first-order chi connectivity index (χ1) is 15.5. The van der Waals surface area contributed by atoms with Gasteiger partial charge in [-0.15, -0.1) is 0 Å². The van der Waals surface area contributed by atoms with E-state index in [2.05, 4.69) is 0 Å². The molecular formula is C25H29N2O5+. The molecule has 0 spiro atoms. The summed E-state index contributed by atoms with van der Waals surface area (Å²) in [5, 5.41) is 0.471. The molecule has 1 amide bonds. The number of nitrogens with one attached hydrogen (secondary N) is 1. The van der Waals surface area contributed by atoms with E-state index in [1.807, 2.05) is 39.2 Å². The topological polar surface area (TPSA) is 73.4 Å². The number of rotatable bonds is 8. The molecule has 0 saturated carbocycles. The Morgan fingerprint density at radius 3 is 2.59 bits per heavy atom. The lowest BCUT2D eigenvalue weighted by Gasteiger charge is -2.26. The summed E-state index contributed by atoms with van der Waals surface area (Å²) in [5.74, 6) is 1.06. The van der Waals surface area contributed by atoms with E-state index in [9.17, 15) is 9.59 Å². The molecule has 2 heterocycles. The van der Waals surface area contributed by atoms with Crippen molar-refractivity contribution in [1.82, 2.24) is 4.90 Å². The Morgan fingerprint density at radius 1 is 1.09 bits per heavy atom. The summed E-state index contributed by atoms with van der Waals surface area (Å²) >= 11 is 0. The number of amides is 1. The van der Waals surface area contributed by atoms with Gasteiger partial charge in [-0.3, -0.25) is 9.59 Å². The highest BCUT2D eigenvalue weighted by molar-refractivity contribution is 5.99. The molecule has 1 atom stereocenters. The number of para-hydroxylation sites is 1. The zero-order valence-corrected chi connectivity index (χ0v) is 18.9. The predicted octanol–water partition coefficient (Wildman–Crippen LogP) is 2.28. The molecule has 0 unspecified atom stereocenters. The van der Waals surface area contributed by atoms with E-state index in [0.717, 1.165) is 18.5 Å². The minimum atomic E-state index is -0.549. The molecule has 1 N–H and O–H groups in total. The van der Waals surface area contributed by atoms with Crippen molar-refractivity contribution < 1.29 is 23.6 Å². The van der Waals surface area contributed by atoms with E-state index >= 15 is 0 Å². The summed E-state index contributed by atoms with van der Waals surface area (Å²) in [7, 11) is 5.65. The third kappa shape index (κ3) is 3.84. The number of hydrogen-bond donors (Lipinski definition) is 1. The molecule has 1 aliphatic heterocycles. The normalized spacial score (nSPS) is 15.5. The van der Waals surface area contributed by atoms with Crippen molar-refractivity contribution in [2.45, 2.75) is 19.4 Å². The van der Waals surface area contributed by atoms with Gasteiger partial charge in [0.05, 0.1) is 57.9 Å². The average Bonchev–Trinajstić information content (AvgIpc) is 3.08. The Hall–Kier alpha value is -3.32. The highest BCUT2D eigenvalue weighted by atomic mass is 16.5. The second-order valence-corrected chi connectivity index (χ2v) is 8.29. The van der Waals surface area contributed by atoms with Crippen molar-refractivity contribution in [3.8, 4) is 11.5 Å². The highest BCUT2D eigenvalue weighted by Crippen LogP contribution is 2.40. The van der Waals surface area contributed by atoms with Crippen molar-refractivity contribution in [3.05, 3.63) is 69.6 Å². The van der Waals surface area contributed by atoms with E-state index in [1.54, 1.807) is 36.3 Å². The Labute approximate surface area is 187 Å². The maximum atomic E-state index is 13.5. The van der Waals surface area contributed by atoms with Gasteiger partial charge in [-0.2, -0.15) is 0 Å². The van der Waals surface area contributed by atoms with E-state index in [0.29, 0.717) is 41.2 Å². The van der Waals surface area contributed by atoms with Crippen LogP contribution in [-0.4, -0.2) is 51.7 Å². The van der Waals surface area contributed by atoms with Crippen LogP contribution < -0.4 is 19.8 Å². The first kappa shape index (κ1) is 21.9. The Morgan fingerprint density at radius 2 is 1.88 bits per heavy atom. The number of quaternary nitrogens is 1. The number of carbonyl (C=O) groups is 1. The van der Waals surface area contributed by atoms with Gasteiger partial charge in [0, 0.05) is 0 Å². The number of fused-ring (bicyclic) bond motifs is 2. The molecule has 32 heavy (non-hydrogen) atoms. The Balaban J connectivity index is 1.87. The molecule has 0 saturated heterocycles. The molecule has 1 aliphatic rings. The summed E-state index contributed by atoms with van der Waals surface area (Å²) < 4.78 is 17.3. The van der Waals surface area contributed by atoms with Gasteiger partial charge in [0.15, 0.2) is 16.9 Å². The van der Waals surface area contributed by atoms with E-state index in [4.69, 9.17) is 13.9 Å². The number of methoxy groups -OCH3 is 1. The summed E-state index contributed by atoms with van der Waals surface area (Å²) in [6.07, 6.45) is 0.879. The number of hydrogen-bond acceptors (Lipinski definition) is 5. The van der Waals surface area contributed by atoms with Crippen LogP contribution in [0.15, 0.2) is 51.7 Å². The van der Waals surface area contributed by atoms with Gasteiger partial charge in [-0.25, -0.2) is 0 Å². The summed E-state index contributed by atoms with van der Waals surface area (Å²) in [6, 6.07) is 12.1. The number of carbonyl (C=O) groups excluding carboxylic acids is 1. The molecule has 3 aromatic rings. The van der Waals surface area contributed by atoms with Crippen LogP contribution in [0.1, 0.15) is 41.1 Å². The molecule has 7 heteroatoms. The molecule has 7 nitrogen and oxygen atoms in total. The van der Waals surface area contributed by atoms with E-state index in [-0.39, 0.29) is 17.1 Å². The summed E-state index contributed by atoms with van der Waals surface area (Å²) in [5.41, 5.74) is 1.41. The van der Waals surface area contributed by atoms with Crippen molar-refractivity contribution in [2.24, 2.45) is 0 Å². The van der Waals surface area contributed by atoms with Gasteiger partial charge in [0.2, 0.25) is 5.76 Å². The third-order valence-electron chi connectivity index (χ3n) is 5.69. The zero-order chi connectivity index (χ0) is 22.8. The first-order valence-corrected chi connectivity index (χ1v) is 10.9. The molecule has 0 radical (unpaired) electrons. The van der Waals surface area contributed by atoms with Crippen LogP contribution in [0.25, 0.3) is 11.0 Å². The second kappa shape index (κ2) is 9.04. The molecule has 4 rings (SSSR count). The molecule has 2 aromatic carbocycles. The minimum Gasteiger partial charge on any atom is -0.493 e. The molecule has 1 aromatic heterocycles. The maximum absolute atomic E-state index is 13.5. The minimum absolute atomic E-state index is 0.123. The van der Waals surface area contributed by atoms with Gasteiger partial charge < -0.3 is 23.7 Å². The average molecular weight is 438 g/mol. The molecule has 0 bridgehead atoms. The predicted molar refractivity (Wildman–Crippen MR) is 122 cm³/mol. The Bertz CT molecular complexity index is 1200. The number of nitrogens with zero attached hydrogens (tertiary/aromatic N) is 1. The van der Waals surface area contributed by atoms with Gasteiger partial charge in [-0.1, -0.05) is 25.1 Å². The van der Waals surface area contributed by atoms with E-state index < -0.39 is 6.04 Å². The second-order valence-electron chi connectivity index (χ2n) is 8.29. The quantitative estimate of drug-likeness (QED) is 0.585. The Kier molecular flexibility index (Phi) is 6.19. The lowest BCUT2D eigenvalue weighted by molar-refractivity contribution is -0.857. The van der Waals surface area contributed by atoms with Crippen LogP contribution in [-0.2, 0) is 0 Å². The van der Waals surface area contributed by atoms with Crippen LogP contribution in [0.5, 0.6) is 11.5 Å². The maximum Gasteiger partial charge on any atom is 0.291 e. The van der Waals surface area contributed by atoms with Gasteiger partial charge in [0.25, 0.3) is 5.91 Å². The van der Waals surface area contributed by atoms with E-state index in [1.165, 1.54) is 4.90 Å². The largest absolute Gasteiger partial charge is 0.493 e. The fraction of sp³-hybridized carbons (Fsp3) is 0.360. The van der Waals surface area contributed by atoms with Crippen molar-refractivity contribution in [2.75, 3.05) is 40.9 Å². The number of benzene rings is 2. The summed E-state index contributed by atoms with van der Waals surface area (Å²) in [6.45, 7) is 3.84. The van der Waals surface area contributed by atoms with Crippen molar-refractivity contribution >= 4 is 16.9 Å². The lowest BCUT2D eigenvalue weighted by atomic mass is 9.98. The number of ether oxygens (including phenoxy) is 2. The first-order valence-electron chi connectivity index (χ1n) is 10.9. The van der Waals surface area contributed by atoms with Crippen LogP contribution in [0, 0.1) is 0 Å². The SMILES string of the molecule is CCCOc1ccc([C@H]2c3c(oc4ccccc4c3=O)C(=O)N2CC[NH+](C)C)cc1OC. The van der Waals surface area contributed by atoms with Gasteiger partial charge >= 0.3 is 0 Å². The fourth-order valence-corrected chi connectivity index (χ4v) is 4.07. The smallest absolute Gasteiger partial charge is 0.291 e. The van der Waals surface area contributed by atoms with Crippen LogP contribution in [0.4, 0.5) is 0 Å². The molecular weight excluding hydrogens is 408 g/mol. The van der Waals surface area contributed by atoms with Crippen LogP contribution in [0.3, 0.4) is 0 Å². The van der Waals surface area contributed by atoms with Crippen molar-refractivity contribution in [1.29, 1.82) is 0 Å². The number of likely N-dealkylation sites (N-methyl/N-ethyl adjacent to an activating group) is 1. The van der Waals surface area contributed by atoms with Crippen LogP contribution >= 0.6 is 0 Å².